The molecule has 2 rings (SSSR count). The first-order valence-corrected chi connectivity index (χ1v) is 5.80. The summed E-state index contributed by atoms with van der Waals surface area (Å²) in [5.41, 5.74) is 0.940. The molecule has 2 unspecified atom stereocenters. The van der Waals surface area contributed by atoms with Crippen LogP contribution in [0.3, 0.4) is 0 Å². The number of ether oxygens (including phenoxy) is 1. The Bertz CT molecular complexity index is 445. The molecule has 1 saturated heterocycles. The van der Waals surface area contributed by atoms with Gasteiger partial charge in [-0.3, -0.25) is 0 Å². The number of hydrogen-bond donors (Lipinski definition) is 2. The van der Waals surface area contributed by atoms with Crippen LogP contribution in [0.25, 0.3) is 0 Å². The zero-order valence-corrected chi connectivity index (χ0v) is 10.3. The number of carboxylic acid groups (broad SMARTS) is 1. The van der Waals surface area contributed by atoms with Crippen LogP contribution >= 0.6 is 15.9 Å². The molecule has 1 aromatic carbocycles. The van der Waals surface area contributed by atoms with Crippen LogP contribution in [0, 0.1) is 0 Å². The van der Waals surface area contributed by atoms with E-state index in [0.29, 0.717) is 6.42 Å². The largest absolute Gasteiger partial charge is 0.478 e. The molecule has 1 aliphatic heterocycles. The molecule has 2 atom stereocenters. The number of amides is 1. The Labute approximate surface area is 106 Å². The van der Waals surface area contributed by atoms with Crippen LogP contribution in [0.2, 0.25) is 0 Å². The Morgan fingerprint density at radius 2 is 2.06 bits per heavy atom. The van der Waals surface area contributed by atoms with E-state index in [1.54, 1.807) is 0 Å². The minimum atomic E-state index is -1.13. The second kappa shape index (κ2) is 4.75. The van der Waals surface area contributed by atoms with E-state index in [0.717, 1.165) is 10.0 Å². The molecule has 0 aromatic heterocycles. The summed E-state index contributed by atoms with van der Waals surface area (Å²) in [6.45, 7) is 0. The lowest BCUT2D eigenvalue weighted by atomic mass is 10.0. The summed E-state index contributed by atoms with van der Waals surface area (Å²) in [5.74, 6) is -1.13. The van der Waals surface area contributed by atoms with E-state index >= 15 is 0 Å². The Morgan fingerprint density at radius 3 is 2.65 bits per heavy atom. The smallest absolute Gasteiger partial charge is 0.408 e. The van der Waals surface area contributed by atoms with Crippen LogP contribution in [0.1, 0.15) is 5.56 Å². The fourth-order valence-electron chi connectivity index (χ4n) is 1.71. The van der Waals surface area contributed by atoms with Crippen molar-refractivity contribution in [3.8, 4) is 0 Å². The summed E-state index contributed by atoms with van der Waals surface area (Å²) < 4.78 is 5.62. The molecule has 5 nitrogen and oxygen atoms in total. The van der Waals surface area contributed by atoms with E-state index in [9.17, 15) is 9.59 Å². The van der Waals surface area contributed by atoms with Crippen molar-refractivity contribution >= 4 is 28.0 Å². The maximum Gasteiger partial charge on any atom is 0.408 e. The molecule has 0 saturated carbocycles. The monoisotopic (exact) mass is 299 g/mol. The lowest BCUT2D eigenvalue weighted by Crippen LogP contribution is -2.38. The van der Waals surface area contributed by atoms with E-state index in [1.165, 1.54) is 0 Å². The summed E-state index contributed by atoms with van der Waals surface area (Å²) in [6, 6.07) is 6.94. The summed E-state index contributed by atoms with van der Waals surface area (Å²) in [6.07, 6.45) is -1.37. The zero-order chi connectivity index (χ0) is 12.4. The van der Waals surface area contributed by atoms with Crippen molar-refractivity contribution in [2.24, 2.45) is 0 Å². The lowest BCUT2D eigenvalue weighted by molar-refractivity contribution is -0.145. The molecule has 1 heterocycles. The molecule has 1 fully saturated rings. The van der Waals surface area contributed by atoms with Crippen molar-refractivity contribution in [1.82, 2.24) is 5.32 Å². The molecule has 1 amide bonds. The van der Waals surface area contributed by atoms with Gasteiger partial charge in [-0.05, 0) is 24.1 Å². The second-order valence-electron chi connectivity index (χ2n) is 3.75. The van der Waals surface area contributed by atoms with Gasteiger partial charge >= 0.3 is 12.1 Å². The second-order valence-corrected chi connectivity index (χ2v) is 4.66. The van der Waals surface area contributed by atoms with Crippen LogP contribution in [0.15, 0.2) is 28.7 Å². The lowest BCUT2D eigenvalue weighted by Gasteiger charge is -2.12. The quantitative estimate of drug-likeness (QED) is 0.888. The SMILES string of the molecule is O=C1NC(Cc2ccc(Br)cc2)C(C(=O)O)O1. The molecule has 0 radical (unpaired) electrons. The standard InChI is InChI=1S/C11H10BrNO4/c12-7-3-1-6(2-4-7)5-8-9(10(14)15)17-11(16)13-8/h1-4,8-9H,5H2,(H,13,16)(H,14,15). The number of aliphatic carboxylic acids is 1. The number of benzene rings is 1. The number of nitrogens with one attached hydrogen (secondary N) is 1. The van der Waals surface area contributed by atoms with Gasteiger partial charge in [0.1, 0.15) is 0 Å². The van der Waals surface area contributed by atoms with Gasteiger partial charge in [-0.1, -0.05) is 28.1 Å². The van der Waals surface area contributed by atoms with Crippen molar-refractivity contribution in [2.75, 3.05) is 0 Å². The van der Waals surface area contributed by atoms with Gasteiger partial charge in [-0.2, -0.15) is 0 Å². The van der Waals surface area contributed by atoms with Crippen LogP contribution in [-0.4, -0.2) is 29.3 Å². The molecule has 0 aliphatic carbocycles. The summed E-state index contributed by atoms with van der Waals surface area (Å²) >= 11 is 3.31. The molecule has 90 valence electrons. The van der Waals surface area contributed by atoms with E-state index in [1.807, 2.05) is 24.3 Å². The third-order valence-corrected chi connectivity index (χ3v) is 3.04. The van der Waals surface area contributed by atoms with Gasteiger partial charge in [0.2, 0.25) is 6.10 Å². The molecule has 1 aromatic rings. The Morgan fingerprint density at radius 1 is 1.41 bits per heavy atom. The number of alkyl carbamates (subject to hydrolysis) is 1. The van der Waals surface area contributed by atoms with Gasteiger partial charge in [0.05, 0.1) is 6.04 Å². The fourth-order valence-corrected chi connectivity index (χ4v) is 1.98. The van der Waals surface area contributed by atoms with Gasteiger partial charge in [-0.15, -0.1) is 0 Å². The molecule has 6 heteroatoms. The van der Waals surface area contributed by atoms with Gasteiger partial charge < -0.3 is 15.2 Å². The number of rotatable bonds is 3. The van der Waals surface area contributed by atoms with E-state index in [4.69, 9.17) is 5.11 Å². The fraction of sp³-hybridized carbons (Fsp3) is 0.273. The predicted octanol–water partition coefficient (Wildman–Crippen LogP) is 1.55. The van der Waals surface area contributed by atoms with Crippen molar-refractivity contribution in [1.29, 1.82) is 0 Å². The number of carboxylic acids is 1. The summed E-state index contributed by atoms with van der Waals surface area (Å²) in [4.78, 5) is 21.9. The molecule has 0 spiro atoms. The molecule has 17 heavy (non-hydrogen) atoms. The maximum absolute atomic E-state index is 11.0. The van der Waals surface area contributed by atoms with Gasteiger partial charge in [-0.25, -0.2) is 9.59 Å². The minimum Gasteiger partial charge on any atom is -0.478 e. The maximum atomic E-state index is 11.0. The highest BCUT2D eigenvalue weighted by Gasteiger charge is 2.39. The molecule has 2 N–H and O–H groups in total. The first-order chi connectivity index (χ1) is 8.06. The number of cyclic esters (lactones) is 1. The topological polar surface area (TPSA) is 75.6 Å². The third kappa shape index (κ3) is 2.76. The van der Waals surface area contributed by atoms with Crippen LogP contribution < -0.4 is 5.32 Å². The number of hydrogen-bond acceptors (Lipinski definition) is 3. The molecular formula is C11H10BrNO4. The first kappa shape index (κ1) is 11.9. The average Bonchev–Trinajstić information content (AvgIpc) is 2.63. The van der Waals surface area contributed by atoms with Gasteiger partial charge in [0, 0.05) is 4.47 Å². The molecule has 0 bridgehead atoms. The van der Waals surface area contributed by atoms with E-state index in [2.05, 4.69) is 26.0 Å². The summed E-state index contributed by atoms with van der Waals surface area (Å²) in [5, 5.41) is 11.4. The normalized spacial score (nSPS) is 23.0. The first-order valence-electron chi connectivity index (χ1n) is 5.00. The molecule has 1 aliphatic rings. The highest BCUT2D eigenvalue weighted by molar-refractivity contribution is 9.10. The van der Waals surface area contributed by atoms with Crippen molar-refractivity contribution < 1.29 is 19.4 Å². The van der Waals surface area contributed by atoms with Crippen LogP contribution in [0.5, 0.6) is 0 Å². The molecular weight excluding hydrogens is 290 g/mol. The third-order valence-electron chi connectivity index (χ3n) is 2.51. The minimum absolute atomic E-state index is 0.427. The number of carbonyl (C=O) groups excluding carboxylic acids is 1. The Balaban J connectivity index is 2.09. The van der Waals surface area contributed by atoms with Crippen LogP contribution in [0.4, 0.5) is 4.79 Å². The summed E-state index contributed by atoms with van der Waals surface area (Å²) in [7, 11) is 0. The van der Waals surface area contributed by atoms with Crippen LogP contribution in [-0.2, 0) is 16.0 Å². The zero-order valence-electron chi connectivity index (χ0n) is 8.72. The Kier molecular flexibility index (Phi) is 3.33. The van der Waals surface area contributed by atoms with Crippen molar-refractivity contribution in [3.63, 3.8) is 0 Å². The van der Waals surface area contributed by atoms with E-state index in [-0.39, 0.29) is 0 Å². The predicted molar refractivity (Wildman–Crippen MR) is 62.7 cm³/mol. The van der Waals surface area contributed by atoms with Gasteiger partial charge in [0.15, 0.2) is 0 Å². The van der Waals surface area contributed by atoms with Crippen molar-refractivity contribution in [3.05, 3.63) is 34.3 Å². The van der Waals surface area contributed by atoms with E-state index < -0.39 is 24.2 Å². The highest BCUT2D eigenvalue weighted by atomic mass is 79.9. The van der Waals surface area contributed by atoms with Gasteiger partial charge in [0.25, 0.3) is 0 Å². The average molecular weight is 300 g/mol. The highest BCUT2D eigenvalue weighted by Crippen LogP contribution is 2.16. The Hall–Kier alpha value is -1.56. The number of carbonyl (C=O) groups is 2. The number of halogens is 1. The van der Waals surface area contributed by atoms with Crippen molar-refractivity contribution in [2.45, 2.75) is 18.6 Å².